The second-order valence-corrected chi connectivity index (χ2v) is 6.45. The fourth-order valence-corrected chi connectivity index (χ4v) is 3.15. The van der Waals surface area contributed by atoms with Crippen molar-refractivity contribution in [1.29, 1.82) is 0 Å². The van der Waals surface area contributed by atoms with Gasteiger partial charge in [-0.2, -0.15) is 0 Å². The van der Waals surface area contributed by atoms with Crippen LogP contribution in [-0.4, -0.2) is 30.8 Å². The summed E-state index contributed by atoms with van der Waals surface area (Å²) in [6.07, 6.45) is 2.05. The largest absolute Gasteiger partial charge is 0.508 e. The number of anilines is 1. The van der Waals surface area contributed by atoms with Crippen molar-refractivity contribution in [3.05, 3.63) is 34.6 Å². The molecule has 8 nitrogen and oxygen atoms in total. The Kier molecular flexibility index (Phi) is 3.18. The second-order valence-electron chi connectivity index (χ2n) is 6.45. The molecule has 4 rings (SSSR count). The second kappa shape index (κ2) is 5.17. The number of hydrogen-bond acceptors (Lipinski definition) is 6. The predicted molar refractivity (Wildman–Crippen MR) is 92.7 cm³/mol. The Morgan fingerprint density at radius 2 is 2.00 bits per heavy atom. The van der Waals surface area contributed by atoms with E-state index in [1.807, 2.05) is 6.92 Å². The number of phenols is 1. The number of phenolic OH excluding ortho intramolecular Hbond substituents is 1. The molecule has 0 bridgehead atoms. The maximum absolute atomic E-state index is 11.9. The van der Waals surface area contributed by atoms with Crippen LogP contribution < -0.4 is 11.5 Å². The number of nitrogens with zero attached hydrogens (tertiary/aromatic N) is 4. The number of aromatic nitrogens is 4. The van der Waals surface area contributed by atoms with Gasteiger partial charge in [0, 0.05) is 11.5 Å². The Balaban J connectivity index is 2.13. The Labute approximate surface area is 143 Å². The van der Waals surface area contributed by atoms with Gasteiger partial charge in [0.1, 0.15) is 22.6 Å². The lowest BCUT2D eigenvalue weighted by molar-refractivity contribution is 0.100. The number of nitrogen functional groups attached to an aromatic ring is 1. The van der Waals surface area contributed by atoms with Crippen LogP contribution in [0.2, 0.25) is 0 Å². The van der Waals surface area contributed by atoms with Gasteiger partial charge in [-0.3, -0.25) is 9.36 Å². The van der Waals surface area contributed by atoms with Crippen LogP contribution in [-0.2, 0) is 0 Å². The van der Waals surface area contributed by atoms with Crippen molar-refractivity contribution >= 4 is 22.9 Å². The van der Waals surface area contributed by atoms with Gasteiger partial charge in [0.25, 0.3) is 5.91 Å². The minimum Gasteiger partial charge on any atom is -0.508 e. The molecule has 128 valence electrons. The number of amides is 1. The molecular formula is C17H18N6O2. The number of rotatable bonds is 3. The van der Waals surface area contributed by atoms with E-state index in [0.717, 1.165) is 18.4 Å². The molecule has 0 unspecified atom stereocenters. The molecule has 1 aliphatic rings. The summed E-state index contributed by atoms with van der Waals surface area (Å²) < 4.78 is 1.64. The molecule has 8 heteroatoms. The normalized spacial score (nSPS) is 14.2. The molecular weight excluding hydrogens is 320 g/mol. The molecule has 2 heterocycles. The monoisotopic (exact) mass is 338 g/mol. The zero-order valence-electron chi connectivity index (χ0n) is 13.9. The van der Waals surface area contributed by atoms with Crippen molar-refractivity contribution < 1.29 is 9.90 Å². The fourth-order valence-electron chi connectivity index (χ4n) is 3.15. The number of aryl methyl sites for hydroxylation is 1. The van der Waals surface area contributed by atoms with Gasteiger partial charge in [0.15, 0.2) is 11.5 Å². The maximum Gasteiger partial charge on any atom is 0.254 e. The summed E-state index contributed by atoms with van der Waals surface area (Å²) in [5, 5.41) is 18.4. The van der Waals surface area contributed by atoms with Gasteiger partial charge in [0.2, 0.25) is 0 Å². The Bertz CT molecular complexity index is 1040. The Morgan fingerprint density at radius 3 is 2.64 bits per heavy atom. The number of carbonyl (C=O) groups excluding carboxylic acids is 1. The summed E-state index contributed by atoms with van der Waals surface area (Å²) in [6, 6.07) is 3.40. The van der Waals surface area contributed by atoms with E-state index in [-0.39, 0.29) is 22.6 Å². The van der Waals surface area contributed by atoms with Crippen LogP contribution >= 0.6 is 0 Å². The first kappa shape index (κ1) is 15.4. The number of fused-ring (bicyclic) bond motifs is 1. The number of benzene rings is 1. The van der Waals surface area contributed by atoms with E-state index in [4.69, 9.17) is 11.5 Å². The highest BCUT2D eigenvalue weighted by molar-refractivity contribution is 6.09. The van der Waals surface area contributed by atoms with Gasteiger partial charge in [0.05, 0.1) is 5.69 Å². The molecule has 3 aromatic rings. The average Bonchev–Trinajstić information content (AvgIpc) is 3.36. The smallest absolute Gasteiger partial charge is 0.254 e. The van der Waals surface area contributed by atoms with Crippen molar-refractivity contribution in [3.63, 3.8) is 0 Å². The number of aromatic hydroxyl groups is 1. The topological polar surface area (TPSA) is 133 Å². The van der Waals surface area contributed by atoms with Crippen molar-refractivity contribution in [2.24, 2.45) is 5.73 Å². The Morgan fingerprint density at radius 1 is 1.28 bits per heavy atom. The summed E-state index contributed by atoms with van der Waals surface area (Å²) in [7, 11) is 0. The quantitative estimate of drug-likeness (QED) is 0.665. The van der Waals surface area contributed by atoms with E-state index in [9.17, 15) is 9.90 Å². The van der Waals surface area contributed by atoms with Crippen molar-refractivity contribution in [3.8, 4) is 11.4 Å². The van der Waals surface area contributed by atoms with Gasteiger partial charge in [-0.1, -0.05) is 6.07 Å². The lowest BCUT2D eigenvalue weighted by atomic mass is 10.1. The molecule has 1 amide bonds. The summed E-state index contributed by atoms with van der Waals surface area (Å²) in [6.45, 7) is 3.68. The van der Waals surface area contributed by atoms with Crippen molar-refractivity contribution in [2.45, 2.75) is 32.6 Å². The molecule has 5 N–H and O–H groups in total. The first-order valence-electron chi connectivity index (χ1n) is 8.04. The van der Waals surface area contributed by atoms with Gasteiger partial charge >= 0.3 is 0 Å². The number of nitrogens with two attached hydrogens (primary N) is 2. The van der Waals surface area contributed by atoms with Crippen LogP contribution in [0.4, 0.5) is 5.82 Å². The lowest BCUT2D eigenvalue weighted by Gasteiger charge is -2.15. The molecule has 0 spiro atoms. The SMILES string of the molecule is Cc1ccc(O)c(C)c1-n1c(N)c(C(N)=O)c2nnc(C3CC3)nc21. The van der Waals surface area contributed by atoms with Crippen molar-refractivity contribution in [2.75, 3.05) is 5.73 Å². The molecule has 1 fully saturated rings. The third kappa shape index (κ3) is 2.21. The third-order valence-electron chi connectivity index (χ3n) is 4.65. The highest BCUT2D eigenvalue weighted by atomic mass is 16.3. The van der Waals surface area contributed by atoms with E-state index >= 15 is 0 Å². The van der Waals surface area contributed by atoms with E-state index in [2.05, 4.69) is 15.2 Å². The van der Waals surface area contributed by atoms with Crippen LogP contribution in [0.25, 0.3) is 16.9 Å². The molecule has 25 heavy (non-hydrogen) atoms. The maximum atomic E-state index is 11.9. The van der Waals surface area contributed by atoms with Gasteiger partial charge < -0.3 is 16.6 Å². The first-order chi connectivity index (χ1) is 11.9. The summed E-state index contributed by atoms with van der Waals surface area (Å²) in [5.41, 5.74) is 14.7. The zero-order valence-corrected chi connectivity index (χ0v) is 13.9. The number of hydrogen-bond donors (Lipinski definition) is 3. The molecule has 1 aliphatic carbocycles. The molecule has 0 radical (unpaired) electrons. The molecule has 0 aliphatic heterocycles. The lowest BCUT2D eigenvalue weighted by Crippen LogP contribution is -2.14. The van der Waals surface area contributed by atoms with Gasteiger partial charge in [-0.05, 0) is 38.3 Å². The van der Waals surface area contributed by atoms with Crippen LogP contribution in [0, 0.1) is 13.8 Å². The van der Waals surface area contributed by atoms with E-state index in [1.165, 1.54) is 0 Å². The average molecular weight is 338 g/mol. The summed E-state index contributed by atoms with van der Waals surface area (Å²) in [4.78, 5) is 16.5. The predicted octanol–water partition coefficient (Wildman–Crippen LogP) is 1.70. The van der Waals surface area contributed by atoms with Crippen molar-refractivity contribution in [1.82, 2.24) is 19.7 Å². The minimum absolute atomic E-state index is 0.0967. The fraction of sp³-hybridized carbons (Fsp3) is 0.294. The molecule has 1 saturated carbocycles. The first-order valence-corrected chi connectivity index (χ1v) is 8.04. The van der Waals surface area contributed by atoms with E-state index in [0.29, 0.717) is 28.6 Å². The summed E-state index contributed by atoms with van der Waals surface area (Å²) in [5.74, 6) is 0.524. The standard InChI is InChI=1S/C17H18N6O2/c1-7-3-6-10(24)8(2)13(7)23-14(18)11(15(19)25)12-17(23)20-16(22-21-12)9-4-5-9/h3,6,9,24H,4-5,18H2,1-2H3,(H2,19,25). The van der Waals surface area contributed by atoms with E-state index in [1.54, 1.807) is 23.6 Å². The minimum atomic E-state index is -0.688. The highest BCUT2D eigenvalue weighted by Crippen LogP contribution is 2.39. The molecule has 2 aromatic heterocycles. The molecule has 0 atom stereocenters. The number of primary amides is 1. The van der Waals surface area contributed by atoms with Crippen LogP contribution in [0.3, 0.4) is 0 Å². The van der Waals surface area contributed by atoms with Gasteiger partial charge in [-0.25, -0.2) is 4.98 Å². The van der Waals surface area contributed by atoms with Crippen LogP contribution in [0.1, 0.15) is 46.1 Å². The molecule has 0 saturated heterocycles. The van der Waals surface area contributed by atoms with E-state index < -0.39 is 5.91 Å². The number of carbonyl (C=O) groups is 1. The summed E-state index contributed by atoms with van der Waals surface area (Å²) >= 11 is 0. The zero-order chi connectivity index (χ0) is 17.9. The molecule has 1 aromatic carbocycles. The third-order valence-corrected chi connectivity index (χ3v) is 4.65. The van der Waals surface area contributed by atoms with Crippen LogP contribution in [0.15, 0.2) is 12.1 Å². The highest BCUT2D eigenvalue weighted by Gasteiger charge is 2.30. The Hall–Kier alpha value is -3.16. The van der Waals surface area contributed by atoms with Gasteiger partial charge in [-0.15, -0.1) is 10.2 Å². The van der Waals surface area contributed by atoms with Crippen LogP contribution in [0.5, 0.6) is 5.75 Å².